The van der Waals surface area contributed by atoms with E-state index in [2.05, 4.69) is 0 Å². The number of nitrogens with zero attached hydrogens (tertiary/aromatic N) is 2. The fourth-order valence-electron chi connectivity index (χ4n) is 0.723. The van der Waals surface area contributed by atoms with E-state index >= 15 is 0 Å². The van der Waals surface area contributed by atoms with E-state index in [9.17, 15) is 16.8 Å². The Balaban J connectivity index is 4.66. The molecule has 0 radical (unpaired) electrons. The molecule has 1 atom stereocenters. The number of sulfonamides is 1. The summed E-state index contributed by atoms with van der Waals surface area (Å²) in [7, 11) is -5.73. The second-order valence-corrected chi connectivity index (χ2v) is 7.67. The highest BCUT2D eigenvalue weighted by molar-refractivity contribution is 7.93. The zero-order valence-electron chi connectivity index (χ0n) is 8.84. The summed E-state index contributed by atoms with van der Waals surface area (Å²) in [5.74, 6) is -0.924. The fourth-order valence-corrected chi connectivity index (χ4v) is 3.59. The molecular weight excluding hydrogens is 240 g/mol. The standard InChI is InChI=1S/C7H14N2O4S2/c1-7(6-8)9(2)15(12,13)5-4-14(3,10)11/h7H,4-5H2,1-3H3. The molecule has 0 fully saturated rings. The third kappa shape index (κ3) is 5.11. The molecule has 0 aromatic rings. The molecule has 88 valence electrons. The molecule has 8 heteroatoms. The normalized spacial score (nSPS) is 14.9. The summed E-state index contributed by atoms with van der Waals surface area (Å²) in [4.78, 5) is 0. The fraction of sp³-hybridized carbons (Fsp3) is 0.857. The van der Waals surface area contributed by atoms with Crippen LogP contribution in [0.25, 0.3) is 0 Å². The van der Waals surface area contributed by atoms with Gasteiger partial charge in [-0.05, 0) is 6.92 Å². The molecule has 0 aliphatic rings. The molecule has 1 unspecified atom stereocenters. The average Bonchev–Trinajstić information content (AvgIpc) is 2.11. The Kier molecular flexibility index (Phi) is 4.70. The molecule has 0 heterocycles. The summed E-state index contributed by atoms with van der Waals surface area (Å²) in [5.41, 5.74) is 0. The quantitative estimate of drug-likeness (QED) is 0.640. The zero-order valence-corrected chi connectivity index (χ0v) is 10.5. The van der Waals surface area contributed by atoms with Gasteiger partial charge in [0.1, 0.15) is 15.9 Å². The van der Waals surface area contributed by atoms with E-state index < -0.39 is 37.4 Å². The van der Waals surface area contributed by atoms with Crippen molar-refractivity contribution in [3.8, 4) is 6.07 Å². The molecule has 15 heavy (non-hydrogen) atoms. The van der Waals surface area contributed by atoms with Gasteiger partial charge in [-0.15, -0.1) is 0 Å². The van der Waals surface area contributed by atoms with Crippen LogP contribution in [0.4, 0.5) is 0 Å². The highest BCUT2D eigenvalue weighted by Crippen LogP contribution is 2.04. The Bertz CT molecular complexity index is 446. The number of rotatable bonds is 5. The topological polar surface area (TPSA) is 95.3 Å². The predicted molar refractivity (Wildman–Crippen MR) is 56.3 cm³/mol. The van der Waals surface area contributed by atoms with Gasteiger partial charge in [-0.2, -0.15) is 9.57 Å². The van der Waals surface area contributed by atoms with E-state index in [1.54, 1.807) is 6.07 Å². The monoisotopic (exact) mass is 254 g/mol. The van der Waals surface area contributed by atoms with Crippen molar-refractivity contribution >= 4 is 19.9 Å². The van der Waals surface area contributed by atoms with Gasteiger partial charge in [0.25, 0.3) is 0 Å². The first-order valence-corrected chi connectivity index (χ1v) is 7.80. The van der Waals surface area contributed by atoms with Gasteiger partial charge >= 0.3 is 0 Å². The van der Waals surface area contributed by atoms with Crippen LogP contribution in [0.3, 0.4) is 0 Å². The van der Waals surface area contributed by atoms with Crippen molar-refractivity contribution in [2.24, 2.45) is 0 Å². The highest BCUT2D eigenvalue weighted by Gasteiger charge is 2.24. The van der Waals surface area contributed by atoms with Crippen LogP contribution >= 0.6 is 0 Å². The lowest BCUT2D eigenvalue weighted by atomic mass is 10.4. The minimum absolute atomic E-state index is 0.433. The Morgan fingerprint density at radius 1 is 1.27 bits per heavy atom. The second kappa shape index (κ2) is 4.92. The van der Waals surface area contributed by atoms with Crippen LogP contribution in [0.5, 0.6) is 0 Å². The SMILES string of the molecule is CC(C#N)N(C)S(=O)(=O)CCS(C)(=O)=O. The number of sulfone groups is 1. The van der Waals surface area contributed by atoms with Gasteiger partial charge in [0.2, 0.25) is 10.0 Å². The predicted octanol–water partition coefficient (Wildman–Crippen LogP) is -0.795. The number of nitriles is 1. The Morgan fingerprint density at radius 2 is 1.73 bits per heavy atom. The maximum absolute atomic E-state index is 11.5. The molecule has 6 nitrogen and oxygen atoms in total. The molecule has 0 aromatic carbocycles. The van der Waals surface area contributed by atoms with Crippen LogP contribution in [0.1, 0.15) is 6.92 Å². The molecule has 0 saturated carbocycles. The van der Waals surface area contributed by atoms with Crippen molar-refractivity contribution in [2.45, 2.75) is 13.0 Å². The maximum Gasteiger partial charge on any atom is 0.216 e. The molecule has 0 rings (SSSR count). The molecule has 0 aromatic heterocycles. The van der Waals surface area contributed by atoms with Crippen LogP contribution in [0.2, 0.25) is 0 Å². The van der Waals surface area contributed by atoms with Gasteiger partial charge < -0.3 is 0 Å². The van der Waals surface area contributed by atoms with Crippen LogP contribution in [-0.4, -0.2) is 52.0 Å². The van der Waals surface area contributed by atoms with Gasteiger partial charge in [-0.3, -0.25) is 0 Å². The van der Waals surface area contributed by atoms with E-state index in [0.29, 0.717) is 0 Å². The van der Waals surface area contributed by atoms with Crippen molar-refractivity contribution in [3.05, 3.63) is 0 Å². The first-order valence-electron chi connectivity index (χ1n) is 4.13. The van der Waals surface area contributed by atoms with Crippen LogP contribution in [0, 0.1) is 11.3 Å². The largest absolute Gasteiger partial charge is 0.229 e. The smallest absolute Gasteiger partial charge is 0.216 e. The minimum atomic E-state index is -3.67. The van der Waals surface area contributed by atoms with Gasteiger partial charge in [0.15, 0.2) is 0 Å². The van der Waals surface area contributed by atoms with Crippen LogP contribution in [0.15, 0.2) is 0 Å². The Hall–Kier alpha value is -0.650. The van der Waals surface area contributed by atoms with E-state index in [-0.39, 0.29) is 0 Å². The molecular formula is C7H14N2O4S2. The highest BCUT2D eigenvalue weighted by atomic mass is 32.2. The zero-order chi connectivity index (χ0) is 12.3. The number of hydrogen-bond acceptors (Lipinski definition) is 5. The molecule has 0 saturated heterocycles. The summed E-state index contributed by atoms with van der Waals surface area (Å²) in [6.45, 7) is 1.43. The van der Waals surface area contributed by atoms with E-state index in [1.807, 2.05) is 0 Å². The van der Waals surface area contributed by atoms with E-state index in [0.717, 1.165) is 10.6 Å². The lowest BCUT2D eigenvalue weighted by Crippen LogP contribution is -2.37. The van der Waals surface area contributed by atoms with E-state index in [1.165, 1.54) is 14.0 Å². The molecule has 0 bridgehead atoms. The van der Waals surface area contributed by atoms with Crippen molar-refractivity contribution in [2.75, 3.05) is 24.8 Å². The molecule has 0 aliphatic carbocycles. The minimum Gasteiger partial charge on any atom is -0.229 e. The second-order valence-electron chi connectivity index (χ2n) is 3.27. The molecule has 0 amide bonds. The van der Waals surface area contributed by atoms with Gasteiger partial charge in [-0.25, -0.2) is 16.8 Å². The van der Waals surface area contributed by atoms with Crippen molar-refractivity contribution in [1.82, 2.24) is 4.31 Å². The lowest BCUT2D eigenvalue weighted by Gasteiger charge is -2.18. The Morgan fingerprint density at radius 3 is 2.07 bits per heavy atom. The first kappa shape index (κ1) is 14.3. The summed E-state index contributed by atoms with van der Waals surface area (Å²) in [6, 6.07) is 0.969. The first-order chi connectivity index (χ1) is 6.60. The van der Waals surface area contributed by atoms with Crippen molar-refractivity contribution < 1.29 is 16.8 Å². The van der Waals surface area contributed by atoms with Crippen LogP contribution in [-0.2, 0) is 19.9 Å². The van der Waals surface area contributed by atoms with Gasteiger partial charge in [0, 0.05) is 13.3 Å². The molecule has 0 spiro atoms. The third-order valence-corrected chi connectivity index (χ3v) is 5.00. The van der Waals surface area contributed by atoms with Crippen molar-refractivity contribution in [3.63, 3.8) is 0 Å². The van der Waals surface area contributed by atoms with Crippen molar-refractivity contribution in [1.29, 1.82) is 5.26 Å². The van der Waals surface area contributed by atoms with Crippen LogP contribution < -0.4 is 0 Å². The van der Waals surface area contributed by atoms with Gasteiger partial charge in [-0.1, -0.05) is 0 Å². The number of hydrogen-bond donors (Lipinski definition) is 0. The summed E-state index contributed by atoms with van der Waals surface area (Å²) in [6.07, 6.45) is 0.968. The van der Waals surface area contributed by atoms with Gasteiger partial charge in [0.05, 0.1) is 17.6 Å². The third-order valence-electron chi connectivity index (χ3n) is 1.88. The summed E-state index contributed by atoms with van der Waals surface area (Å²) >= 11 is 0. The molecule has 0 N–H and O–H groups in total. The molecule has 0 aliphatic heterocycles. The Labute approximate surface area is 90.5 Å². The maximum atomic E-state index is 11.5. The average molecular weight is 254 g/mol. The summed E-state index contributed by atoms with van der Waals surface area (Å²) < 4.78 is 45.4. The van der Waals surface area contributed by atoms with E-state index in [4.69, 9.17) is 5.26 Å². The lowest BCUT2D eigenvalue weighted by molar-refractivity contribution is 0.443. The summed E-state index contributed by atoms with van der Waals surface area (Å²) in [5, 5.41) is 8.52.